The van der Waals surface area contributed by atoms with Crippen LogP contribution in [0.1, 0.15) is 34.5 Å². The van der Waals surface area contributed by atoms with E-state index in [4.69, 9.17) is 11.6 Å². The predicted molar refractivity (Wildman–Crippen MR) is 117 cm³/mol. The molecule has 2 fully saturated rings. The molecule has 160 valence electrons. The van der Waals surface area contributed by atoms with Gasteiger partial charge in [0.2, 0.25) is 0 Å². The molecule has 1 aromatic heterocycles. The van der Waals surface area contributed by atoms with Crippen molar-refractivity contribution in [3.63, 3.8) is 0 Å². The number of benzene rings is 1. The molecule has 0 radical (unpaired) electrons. The van der Waals surface area contributed by atoms with Gasteiger partial charge in [0.1, 0.15) is 12.1 Å². The summed E-state index contributed by atoms with van der Waals surface area (Å²) in [6.45, 7) is 6.67. The van der Waals surface area contributed by atoms with E-state index in [9.17, 15) is 9.90 Å². The maximum atomic E-state index is 12.7. The first-order valence-electron chi connectivity index (χ1n) is 10.4. The average Bonchev–Trinajstić information content (AvgIpc) is 3.10. The average molecular weight is 430 g/mol. The Labute approximate surface area is 182 Å². The first-order chi connectivity index (χ1) is 14.4. The Kier molecular flexibility index (Phi) is 6.22. The van der Waals surface area contributed by atoms with Crippen LogP contribution in [0.3, 0.4) is 0 Å². The molecule has 1 amide bonds. The first-order valence-corrected chi connectivity index (χ1v) is 10.8. The number of halogens is 1. The van der Waals surface area contributed by atoms with Crippen molar-refractivity contribution in [3.05, 3.63) is 52.4 Å². The Morgan fingerprint density at radius 1 is 1.13 bits per heavy atom. The van der Waals surface area contributed by atoms with Crippen LogP contribution in [0.5, 0.6) is 0 Å². The number of anilines is 1. The van der Waals surface area contributed by atoms with Crippen molar-refractivity contribution in [1.82, 2.24) is 20.2 Å². The molecular weight excluding hydrogens is 402 g/mol. The highest BCUT2D eigenvalue weighted by Crippen LogP contribution is 2.24. The van der Waals surface area contributed by atoms with Crippen molar-refractivity contribution in [1.29, 1.82) is 0 Å². The zero-order valence-electron chi connectivity index (χ0n) is 17.4. The molecule has 2 aromatic rings. The van der Waals surface area contributed by atoms with Crippen LogP contribution in [0.25, 0.3) is 0 Å². The fourth-order valence-electron chi connectivity index (χ4n) is 4.29. The number of nitrogens with zero attached hydrogens (tertiary/aromatic N) is 4. The number of β-amino-alcohol motifs (C(OH)–C–C–N with tert-alkyl or cyclic N) is 1. The molecule has 30 heavy (non-hydrogen) atoms. The third-order valence-electron chi connectivity index (χ3n) is 6.22. The molecule has 0 spiro atoms. The van der Waals surface area contributed by atoms with Gasteiger partial charge in [0, 0.05) is 54.1 Å². The number of aliphatic hydroxyl groups is 1. The molecule has 2 saturated heterocycles. The van der Waals surface area contributed by atoms with Crippen LogP contribution in [0, 0.1) is 13.8 Å². The summed E-state index contributed by atoms with van der Waals surface area (Å²) in [5.41, 5.74) is 2.69. The number of carbonyl (C=O) groups is 1. The minimum absolute atomic E-state index is 0.0109. The molecule has 2 N–H and O–H groups in total. The maximum Gasteiger partial charge on any atom is 0.253 e. The highest BCUT2D eigenvalue weighted by atomic mass is 35.5. The van der Waals surface area contributed by atoms with Crippen molar-refractivity contribution >= 4 is 23.3 Å². The molecule has 2 aliphatic heterocycles. The van der Waals surface area contributed by atoms with E-state index in [0.717, 1.165) is 29.9 Å². The molecule has 0 bridgehead atoms. The quantitative estimate of drug-likeness (QED) is 0.775. The zero-order valence-corrected chi connectivity index (χ0v) is 18.1. The second kappa shape index (κ2) is 8.88. The van der Waals surface area contributed by atoms with Gasteiger partial charge < -0.3 is 20.2 Å². The van der Waals surface area contributed by atoms with Gasteiger partial charge in [-0.3, -0.25) is 4.79 Å². The lowest BCUT2D eigenvalue weighted by Crippen LogP contribution is -2.50. The van der Waals surface area contributed by atoms with E-state index in [2.05, 4.69) is 20.2 Å². The number of nitrogens with one attached hydrogen (secondary N) is 1. The van der Waals surface area contributed by atoms with Gasteiger partial charge in [0.25, 0.3) is 5.91 Å². The van der Waals surface area contributed by atoms with Crippen molar-refractivity contribution in [2.45, 2.75) is 44.9 Å². The number of carbonyl (C=O) groups excluding carboxylic acids is 1. The number of hydrogen-bond acceptors (Lipinski definition) is 6. The van der Waals surface area contributed by atoms with Gasteiger partial charge in [0.15, 0.2) is 0 Å². The summed E-state index contributed by atoms with van der Waals surface area (Å²) in [7, 11) is 0. The Morgan fingerprint density at radius 2 is 1.83 bits per heavy atom. The largest absolute Gasteiger partial charge is 0.390 e. The number of aliphatic hydroxyl groups excluding tert-OH is 1. The van der Waals surface area contributed by atoms with Crippen LogP contribution in [-0.2, 0) is 0 Å². The molecule has 0 aliphatic carbocycles. The Morgan fingerprint density at radius 3 is 2.53 bits per heavy atom. The molecule has 2 atom stereocenters. The van der Waals surface area contributed by atoms with Gasteiger partial charge in [0.05, 0.1) is 12.1 Å². The fourth-order valence-corrected chi connectivity index (χ4v) is 4.42. The molecule has 7 nitrogen and oxygen atoms in total. The number of piperidine rings is 1. The zero-order chi connectivity index (χ0) is 21.3. The lowest BCUT2D eigenvalue weighted by molar-refractivity contribution is 0.0691. The first kappa shape index (κ1) is 21.0. The van der Waals surface area contributed by atoms with Gasteiger partial charge in [-0.25, -0.2) is 9.97 Å². The molecule has 4 rings (SSSR count). The second-order valence-corrected chi connectivity index (χ2v) is 8.66. The normalized spacial score (nSPS) is 22.5. The smallest absolute Gasteiger partial charge is 0.253 e. The number of amides is 1. The van der Waals surface area contributed by atoms with Gasteiger partial charge in [-0.2, -0.15) is 0 Å². The molecule has 1 aromatic carbocycles. The van der Waals surface area contributed by atoms with Gasteiger partial charge in [-0.05, 0) is 51.0 Å². The van der Waals surface area contributed by atoms with E-state index in [1.54, 1.807) is 30.6 Å². The van der Waals surface area contributed by atoms with Crippen molar-refractivity contribution in [3.8, 4) is 0 Å². The summed E-state index contributed by atoms with van der Waals surface area (Å²) in [6.07, 6.45) is 2.87. The number of aromatic nitrogens is 2. The highest BCUT2D eigenvalue weighted by molar-refractivity contribution is 6.30. The van der Waals surface area contributed by atoms with E-state index in [-0.39, 0.29) is 18.0 Å². The van der Waals surface area contributed by atoms with E-state index >= 15 is 0 Å². The van der Waals surface area contributed by atoms with E-state index in [0.29, 0.717) is 36.8 Å². The molecule has 2 aliphatic rings. The molecular formula is C22H28ClN5O2. The summed E-state index contributed by atoms with van der Waals surface area (Å²) in [4.78, 5) is 25.4. The number of hydrogen-bond donors (Lipinski definition) is 2. The predicted octanol–water partition coefficient (Wildman–Crippen LogP) is 2.19. The Hall–Kier alpha value is -2.22. The lowest BCUT2D eigenvalue weighted by Gasteiger charge is -2.34. The topological polar surface area (TPSA) is 81.6 Å². The summed E-state index contributed by atoms with van der Waals surface area (Å²) in [5, 5.41) is 14.8. The fraction of sp³-hybridized carbons (Fsp3) is 0.500. The Bertz CT molecular complexity index is 899. The number of likely N-dealkylation sites (tertiary alicyclic amines) is 1. The second-order valence-electron chi connectivity index (χ2n) is 8.23. The third kappa shape index (κ3) is 4.43. The van der Waals surface area contributed by atoms with E-state index in [1.165, 1.54) is 0 Å². The summed E-state index contributed by atoms with van der Waals surface area (Å²) in [5.74, 6) is 0.945. The van der Waals surface area contributed by atoms with Gasteiger partial charge in [-0.1, -0.05) is 11.6 Å². The van der Waals surface area contributed by atoms with E-state index in [1.807, 2.05) is 18.7 Å². The maximum absolute atomic E-state index is 12.7. The van der Waals surface area contributed by atoms with Gasteiger partial charge >= 0.3 is 0 Å². The standard InChI is InChI=1S/C22H28ClN5O2/c1-14-15(2)24-13-25-21(14)28-11-19(20(29)12-28)26-18-7-9-27(10-8-18)22(30)16-3-5-17(23)6-4-16/h3-6,13,18-20,26,29H,7-12H2,1-2H3/t19?,20-/m1/s1. The SMILES string of the molecule is Cc1ncnc(N2CC(NC3CCN(C(=O)c4ccc(Cl)cc4)CC3)[C@H](O)C2)c1C. The summed E-state index contributed by atoms with van der Waals surface area (Å²) >= 11 is 5.92. The summed E-state index contributed by atoms with van der Waals surface area (Å²) < 4.78 is 0. The highest BCUT2D eigenvalue weighted by Gasteiger charge is 2.35. The Balaban J connectivity index is 1.31. The number of rotatable bonds is 4. The van der Waals surface area contributed by atoms with E-state index < -0.39 is 6.10 Å². The van der Waals surface area contributed by atoms with Crippen molar-refractivity contribution in [2.75, 3.05) is 31.1 Å². The van der Waals surface area contributed by atoms with Crippen LogP contribution in [-0.4, -0.2) is 70.2 Å². The molecule has 3 heterocycles. The number of aryl methyl sites for hydroxylation is 1. The van der Waals surface area contributed by atoms with Crippen LogP contribution < -0.4 is 10.2 Å². The summed E-state index contributed by atoms with van der Waals surface area (Å²) in [6, 6.07) is 7.31. The van der Waals surface area contributed by atoms with Crippen molar-refractivity contribution < 1.29 is 9.90 Å². The lowest BCUT2D eigenvalue weighted by atomic mass is 10.0. The minimum Gasteiger partial charge on any atom is -0.390 e. The minimum atomic E-state index is -0.451. The molecule has 8 heteroatoms. The van der Waals surface area contributed by atoms with Crippen LogP contribution in [0.4, 0.5) is 5.82 Å². The third-order valence-corrected chi connectivity index (χ3v) is 6.47. The monoisotopic (exact) mass is 429 g/mol. The van der Waals surface area contributed by atoms with Crippen LogP contribution in [0.15, 0.2) is 30.6 Å². The van der Waals surface area contributed by atoms with Crippen molar-refractivity contribution in [2.24, 2.45) is 0 Å². The van der Waals surface area contributed by atoms with Crippen LogP contribution >= 0.6 is 11.6 Å². The molecule has 1 unspecified atom stereocenters. The van der Waals surface area contributed by atoms with Crippen LogP contribution in [0.2, 0.25) is 5.02 Å². The molecule has 0 saturated carbocycles. The van der Waals surface area contributed by atoms with Gasteiger partial charge in [-0.15, -0.1) is 0 Å².